The first-order valence-corrected chi connectivity index (χ1v) is 8.90. The molecule has 9 nitrogen and oxygen atoms in total. The first kappa shape index (κ1) is 21.9. The van der Waals surface area contributed by atoms with Gasteiger partial charge in [-0.3, -0.25) is 9.59 Å². The fourth-order valence-electron chi connectivity index (χ4n) is 2.82. The number of carbonyl (C=O) groups excluding carboxylic acids is 3. The summed E-state index contributed by atoms with van der Waals surface area (Å²) in [5.41, 5.74) is 5.93. The average Bonchev–Trinajstić information content (AvgIpc) is 2.89. The highest BCUT2D eigenvalue weighted by atomic mass is 16.6. The van der Waals surface area contributed by atoms with Gasteiger partial charge in [-0.1, -0.05) is 19.8 Å². The van der Waals surface area contributed by atoms with Crippen LogP contribution in [-0.2, 0) is 23.8 Å². The zero-order valence-corrected chi connectivity index (χ0v) is 15.7. The van der Waals surface area contributed by atoms with Crippen LogP contribution in [0.1, 0.15) is 52.9 Å². The van der Waals surface area contributed by atoms with Crippen LogP contribution in [0.5, 0.6) is 0 Å². The number of rotatable bonds is 11. The number of hydrogen-bond donors (Lipinski definition) is 2. The third kappa shape index (κ3) is 6.29. The standard InChI is InChI=1S/C17H29N3O6/c1-4-6-7-8-24-11-13-10-17(15(22)26-13,14(21)25-5-2)9-12(3)19-20-16(18)23/h13H,4-11H2,1-3H3,(H3,18,20,23)/b19-12-/t13-,17-/m0/s1. The van der Waals surface area contributed by atoms with Gasteiger partial charge >= 0.3 is 18.0 Å². The minimum Gasteiger partial charge on any atom is -0.465 e. The number of nitrogens with zero attached hydrogens (tertiary/aromatic N) is 1. The lowest BCUT2D eigenvalue weighted by atomic mass is 9.80. The van der Waals surface area contributed by atoms with E-state index >= 15 is 0 Å². The van der Waals surface area contributed by atoms with Crippen LogP contribution in [0.25, 0.3) is 0 Å². The van der Waals surface area contributed by atoms with Gasteiger partial charge in [-0.25, -0.2) is 10.2 Å². The van der Waals surface area contributed by atoms with Gasteiger partial charge in [0.1, 0.15) is 6.10 Å². The fourth-order valence-corrected chi connectivity index (χ4v) is 2.82. The molecule has 0 aromatic heterocycles. The highest BCUT2D eigenvalue weighted by Crippen LogP contribution is 2.39. The molecule has 0 radical (unpaired) electrons. The van der Waals surface area contributed by atoms with Crippen LogP contribution in [0.15, 0.2) is 5.10 Å². The van der Waals surface area contributed by atoms with Crippen molar-refractivity contribution in [2.24, 2.45) is 16.3 Å². The van der Waals surface area contributed by atoms with Crippen LogP contribution in [0, 0.1) is 5.41 Å². The number of esters is 2. The van der Waals surface area contributed by atoms with E-state index in [4.69, 9.17) is 19.9 Å². The second kappa shape index (κ2) is 10.7. The lowest BCUT2D eigenvalue weighted by Gasteiger charge is -2.22. The quantitative estimate of drug-likeness (QED) is 0.186. The lowest BCUT2D eigenvalue weighted by Crippen LogP contribution is -2.39. The van der Waals surface area contributed by atoms with Crippen molar-refractivity contribution < 1.29 is 28.6 Å². The zero-order valence-electron chi connectivity index (χ0n) is 15.7. The summed E-state index contributed by atoms with van der Waals surface area (Å²) in [6, 6.07) is -0.832. The third-order valence-corrected chi connectivity index (χ3v) is 4.02. The highest BCUT2D eigenvalue weighted by molar-refractivity contribution is 6.05. The molecule has 1 aliphatic heterocycles. The first-order valence-electron chi connectivity index (χ1n) is 8.90. The van der Waals surface area contributed by atoms with E-state index in [-0.39, 0.29) is 26.1 Å². The number of nitrogens with two attached hydrogens (primary N) is 1. The van der Waals surface area contributed by atoms with E-state index in [2.05, 4.69) is 17.5 Å². The monoisotopic (exact) mass is 371 g/mol. The Morgan fingerprint density at radius 1 is 1.38 bits per heavy atom. The maximum Gasteiger partial charge on any atom is 0.332 e. The molecule has 0 unspecified atom stereocenters. The Balaban J connectivity index is 2.79. The van der Waals surface area contributed by atoms with Crippen LogP contribution in [0.3, 0.4) is 0 Å². The van der Waals surface area contributed by atoms with Gasteiger partial charge in [0.25, 0.3) is 0 Å². The molecule has 1 fully saturated rings. The number of carbonyl (C=O) groups is 3. The second-order valence-corrected chi connectivity index (χ2v) is 6.32. The Morgan fingerprint density at radius 3 is 2.73 bits per heavy atom. The molecule has 9 heteroatoms. The fraction of sp³-hybridized carbons (Fsp3) is 0.765. The predicted octanol–water partition coefficient (Wildman–Crippen LogP) is 1.49. The van der Waals surface area contributed by atoms with Crippen LogP contribution in [0.4, 0.5) is 4.79 Å². The summed E-state index contributed by atoms with van der Waals surface area (Å²) in [5.74, 6) is -1.32. The molecular weight excluding hydrogens is 342 g/mol. The Kier molecular flexibility index (Phi) is 9.04. The van der Waals surface area contributed by atoms with E-state index in [1.165, 1.54) is 0 Å². The van der Waals surface area contributed by atoms with Gasteiger partial charge in [-0.05, 0) is 20.3 Å². The van der Waals surface area contributed by atoms with Crippen molar-refractivity contribution in [3.63, 3.8) is 0 Å². The number of amides is 2. The minimum atomic E-state index is -1.49. The number of hydrazone groups is 1. The molecule has 2 atom stereocenters. The Labute approximate surface area is 153 Å². The maximum atomic E-state index is 12.5. The molecule has 1 heterocycles. The van der Waals surface area contributed by atoms with Crippen molar-refractivity contribution in [3.05, 3.63) is 0 Å². The van der Waals surface area contributed by atoms with Crippen LogP contribution in [-0.4, -0.2) is 49.6 Å². The van der Waals surface area contributed by atoms with E-state index in [1.807, 2.05) is 0 Å². The summed E-state index contributed by atoms with van der Waals surface area (Å²) in [4.78, 5) is 35.7. The van der Waals surface area contributed by atoms with E-state index in [0.717, 1.165) is 19.3 Å². The number of nitrogens with one attached hydrogen (secondary N) is 1. The molecule has 0 spiro atoms. The number of primary amides is 1. The van der Waals surface area contributed by atoms with Crippen molar-refractivity contribution in [2.75, 3.05) is 19.8 Å². The molecule has 26 heavy (non-hydrogen) atoms. The molecule has 148 valence electrons. The topological polar surface area (TPSA) is 129 Å². The molecule has 2 amide bonds. The molecule has 3 N–H and O–H groups in total. The third-order valence-electron chi connectivity index (χ3n) is 4.02. The van der Waals surface area contributed by atoms with E-state index < -0.39 is 29.5 Å². The number of urea groups is 1. The van der Waals surface area contributed by atoms with E-state index in [0.29, 0.717) is 12.3 Å². The summed E-state index contributed by atoms with van der Waals surface area (Å²) in [7, 11) is 0. The second-order valence-electron chi connectivity index (χ2n) is 6.32. The van der Waals surface area contributed by atoms with Crippen molar-refractivity contribution in [1.82, 2.24) is 5.43 Å². The Bertz CT molecular complexity index is 537. The predicted molar refractivity (Wildman–Crippen MR) is 94.4 cm³/mol. The van der Waals surface area contributed by atoms with E-state index in [9.17, 15) is 14.4 Å². The lowest BCUT2D eigenvalue weighted by molar-refractivity contribution is -0.164. The number of unbranched alkanes of at least 4 members (excludes halogenated alkanes) is 2. The molecule has 0 aromatic rings. The number of ether oxygens (including phenoxy) is 3. The molecule has 1 aliphatic rings. The molecule has 1 rings (SSSR count). The van der Waals surface area contributed by atoms with Gasteiger partial charge in [0.05, 0.1) is 13.2 Å². The van der Waals surface area contributed by atoms with Crippen molar-refractivity contribution >= 4 is 23.7 Å². The largest absolute Gasteiger partial charge is 0.465 e. The van der Waals surface area contributed by atoms with Crippen LogP contribution in [0.2, 0.25) is 0 Å². The van der Waals surface area contributed by atoms with E-state index in [1.54, 1.807) is 13.8 Å². The number of hydrogen-bond acceptors (Lipinski definition) is 7. The van der Waals surface area contributed by atoms with Gasteiger partial charge in [0, 0.05) is 25.2 Å². The molecule has 0 saturated carbocycles. The van der Waals surface area contributed by atoms with Crippen molar-refractivity contribution in [1.29, 1.82) is 0 Å². The SMILES string of the molecule is CCCCCOC[C@@H]1C[C@@](C/C(C)=N\NC(N)=O)(C(=O)OCC)C(=O)O1. The average molecular weight is 371 g/mol. The normalized spacial score (nSPS) is 22.8. The van der Waals surface area contributed by atoms with Gasteiger partial charge < -0.3 is 19.9 Å². The molecular formula is C17H29N3O6. The molecule has 0 aliphatic carbocycles. The zero-order chi connectivity index (χ0) is 19.6. The highest BCUT2D eigenvalue weighted by Gasteiger charge is 2.56. The molecule has 0 bridgehead atoms. The Morgan fingerprint density at radius 2 is 2.12 bits per heavy atom. The first-order chi connectivity index (χ1) is 12.4. The van der Waals surface area contributed by atoms with Gasteiger partial charge in [-0.15, -0.1) is 0 Å². The minimum absolute atomic E-state index is 0.0305. The number of cyclic esters (lactones) is 1. The summed E-state index contributed by atoms with van der Waals surface area (Å²) in [6.45, 7) is 6.30. The summed E-state index contributed by atoms with van der Waals surface area (Å²) < 4.78 is 16.0. The van der Waals surface area contributed by atoms with Crippen LogP contribution < -0.4 is 11.2 Å². The maximum absolute atomic E-state index is 12.5. The molecule has 0 aromatic carbocycles. The van der Waals surface area contributed by atoms with Crippen LogP contribution >= 0.6 is 0 Å². The summed E-state index contributed by atoms with van der Waals surface area (Å²) in [6.07, 6.45) is 2.68. The van der Waals surface area contributed by atoms with Gasteiger partial charge in [0.15, 0.2) is 5.41 Å². The molecule has 1 saturated heterocycles. The van der Waals surface area contributed by atoms with Crippen molar-refractivity contribution in [2.45, 2.75) is 59.0 Å². The van der Waals surface area contributed by atoms with Gasteiger partial charge in [0.2, 0.25) is 0 Å². The summed E-state index contributed by atoms with van der Waals surface area (Å²) in [5, 5.41) is 3.78. The smallest absolute Gasteiger partial charge is 0.332 e. The van der Waals surface area contributed by atoms with Gasteiger partial charge in [-0.2, -0.15) is 5.10 Å². The Hall–Kier alpha value is -2.16. The summed E-state index contributed by atoms with van der Waals surface area (Å²) >= 11 is 0. The van der Waals surface area contributed by atoms with Crippen molar-refractivity contribution in [3.8, 4) is 0 Å².